The quantitative estimate of drug-likeness (QED) is 0.00774. The van der Waals surface area contributed by atoms with Gasteiger partial charge >= 0.3 is 6.09 Å². The summed E-state index contributed by atoms with van der Waals surface area (Å²) >= 11 is 2.78. The monoisotopic (exact) mass is 1900 g/mol. The van der Waals surface area contributed by atoms with Crippen LogP contribution in [0.1, 0.15) is 141 Å². The molecule has 39 heteroatoms. The molecule has 10 N–H and O–H groups in total. The second-order valence-corrected chi connectivity index (χ2v) is 36.2. The number of halogens is 1. The number of hydrazone groups is 1. The van der Waals surface area contributed by atoms with Crippen molar-refractivity contribution in [3.8, 4) is 46.7 Å². The number of Topliss-reactive ketones (excluding diaryl/α,β-unsaturated/α-hetero) is 1. The first kappa shape index (κ1) is 100. The molecule has 2 bridgehead atoms. The van der Waals surface area contributed by atoms with Crippen molar-refractivity contribution in [1.82, 2.24) is 36.7 Å². The van der Waals surface area contributed by atoms with Gasteiger partial charge in [0.1, 0.15) is 42.4 Å². The molecule has 4 saturated heterocycles. The molecule has 5 aliphatic heterocycles. The van der Waals surface area contributed by atoms with E-state index in [0.717, 1.165) is 56.7 Å². The second-order valence-electron chi connectivity index (χ2n) is 30.9. The van der Waals surface area contributed by atoms with Crippen LogP contribution in [0.25, 0.3) is 0 Å². The average Bonchev–Trinajstić information content (AvgIpc) is 0.823. The minimum Gasteiger partial charge on any atom is -0.494 e. The van der Waals surface area contributed by atoms with Crippen LogP contribution < -0.4 is 45.8 Å². The van der Waals surface area contributed by atoms with E-state index in [9.17, 15) is 63.9 Å². The van der Waals surface area contributed by atoms with Gasteiger partial charge in [0.2, 0.25) is 34.9 Å². The molecule has 35 nitrogen and oxygen atoms in total. The maximum atomic E-state index is 14.6. The number of hydrogen-bond acceptors (Lipinski definition) is 33. The Kier molecular flexibility index (Phi) is 38.6. The number of thioether (sulfide) groups is 1. The zero-order valence-corrected chi connectivity index (χ0v) is 76.6. The third kappa shape index (κ3) is 26.5. The fourth-order valence-corrected chi connectivity index (χ4v) is 19.2. The van der Waals surface area contributed by atoms with Crippen molar-refractivity contribution in [1.29, 1.82) is 0 Å². The Labute approximate surface area is 747 Å². The summed E-state index contributed by atoms with van der Waals surface area (Å²) in [5.74, 6) is 10.3. The number of aliphatic hydroxyl groups is 5. The van der Waals surface area contributed by atoms with E-state index in [1.54, 1.807) is 57.7 Å². The Morgan fingerprint density at radius 3 is 2.19 bits per heavy atom. The number of nitrogens with zero attached hydrogens (tertiary/aromatic N) is 3. The predicted molar refractivity (Wildman–Crippen MR) is 466 cm³/mol. The van der Waals surface area contributed by atoms with Crippen LogP contribution in [0, 0.1) is 34.2 Å². The first-order valence-corrected chi connectivity index (χ1v) is 45.3. The largest absolute Gasteiger partial charge is 0.494 e. The fraction of sp³-hybridized carbons (Fsp3) is 0.612. The van der Waals surface area contributed by atoms with Crippen molar-refractivity contribution >= 4 is 108 Å². The van der Waals surface area contributed by atoms with E-state index in [-0.39, 0.29) is 101 Å². The van der Waals surface area contributed by atoms with Crippen molar-refractivity contribution in [3.63, 3.8) is 0 Å². The van der Waals surface area contributed by atoms with Gasteiger partial charge in [0, 0.05) is 107 Å². The molecule has 682 valence electrons. The number of alkyl carbamates (subject to hydrolysis) is 1. The predicted octanol–water partition coefficient (Wildman–Crippen LogP) is 5.24. The van der Waals surface area contributed by atoms with Gasteiger partial charge in [-0.05, 0) is 151 Å². The van der Waals surface area contributed by atoms with Crippen LogP contribution in [-0.4, -0.2) is 295 Å². The van der Waals surface area contributed by atoms with Gasteiger partial charge in [0.25, 0.3) is 11.8 Å². The number of hydroxylamine groups is 1. The Morgan fingerprint density at radius 1 is 0.798 bits per heavy atom. The van der Waals surface area contributed by atoms with Crippen LogP contribution in [0.5, 0.6) is 23.0 Å². The molecule has 0 aromatic heterocycles. The van der Waals surface area contributed by atoms with Crippen LogP contribution in [0.4, 0.5) is 4.79 Å². The van der Waals surface area contributed by atoms with Gasteiger partial charge < -0.3 is 103 Å². The number of rotatable bonds is 41. The number of likely N-dealkylation sites (N-methyl/N-ethyl adjacent to an activating group) is 1. The molecule has 19 atom stereocenters. The van der Waals surface area contributed by atoms with E-state index < -0.39 is 143 Å². The zero-order valence-electron chi connectivity index (χ0n) is 72.0. The molecule has 2 aliphatic carbocycles. The van der Waals surface area contributed by atoms with Crippen molar-refractivity contribution in [3.05, 3.63) is 91.7 Å². The number of ether oxygens (including phenoxy) is 13. The summed E-state index contributed by atoms with van der Waals surface area (Å²) < 4.78 is 78.6. The van der Waals surface area contributed by atoms with Crippen molar-refractivity contribution in [2.24, 2.45) is 5.10 Å². The summed E-state index contributed by atoms with van der Waals surface area (Å²) in [5.41, 5.74) is 4.56. The molecule has 2 aromatic carbocycles. The van der Waals surface area contributed by atoms with E-state index in [1.807, 2.05) is 55.5 Å². The molecular weight excluding hydrogens is 1790 g/mol. The third-order valence-corrected chi connectivity index (χ3v) is 27.4. The van der Waals surface area contributed by atoms with Crippen LogP contribution in [0.2, 0.25) is 0 Å². The molecule has 2 aromatic rings. The van der Waals surface area contributed by atoms with E-state index in [1.165, 1.54) is 86.2 Å². The molecule has 4 fully saturated rings. The minimum atomic E-state index is -2.24. The number of fused-ring (bicyclic) bond motifs is 2. The number of carbonyl (C=O) groups excluding carboxylic acids is 8. The highest BCUT2D eigenvalue weighted by atomic mass is 127. The summed E-state index contributed by atoms with van der Waals surface area (Å²) in [6.07, 6.45) is -9.09. The van der Waals surface area contributed by atoms with E-state index in [2.05, 4.69) is 55.6 Å². The van der Waals surface area contributed by atoms with Crippen LogP contribution in [0.3, 0.4) is 0 Å². The highest BCUT2D eigenvalue weighted by Gasteiger charge is 2.53. The van der Waals surface area contributed by atoms with Crippen molar-refractivity contribution in [2.45, 2.75) is 247 Å². The lowest BCUT2D eigenvalue weighted by atomic mass is 9.75. The Balaban J connectivity index is 0.840. The minimum absolute atomic E-state index is 0.00118. The first-order valence-electron chi connectivity index (χ1n) is 41.0. The van der Waals surface area contributed by atoms with Crippen LogP contribution >= 0.6 is 55.9 Å². The number of methoxy groups -OCH3 is 5. The van der Waals surface area contributed by atoms with Crippen molar-refractivity contribution in [2.75, 3.05) is 87.2 Å². The molecule has 0 unspecified atom stereocenters. The van der Waals surface area contributed by atoms with Gasteiger partial charge in [-0.1, -0.05) is 75.9 Å². The van der Waals surface area contributed by atoms with Gasteiger partial charge in [0.15, 0.2) is 41.8 Å². The number of aliphatic hydroxyl groups excluding tert-OH is 4. The van der Waals surface area contributed by atoms with Gasteiger partial charge in [-0.2, -0.15) is 10.6 Å². The third-order valence-electron chi connectivity index (χ3n) is 21.6. The van der Waals surface area contributed by atoms with Gasteiger partial charge in [-0.25, -0.2) is 10.2 Å². The average molecular weight is 1900 g/mol. The lowest BCUT2D eigenvalue weighted by Gasteiger charge is -2.47. The summed E-state index contributed by atoms with van der Waals surface area (Å²) in [5, 5.41) is 71.0. The number of nitrogens with one attached hydrogen (secondary N) is 5. The lowest BCUT2D eigenvalue weighted by Crippen LogP contribution is -2.65. The second kappa shape index (κ2) is 47.7. The number of carbonyl (C=O) groups is 8. The summed E-state index contributed by atoms with van der Waals surface area (Å²) in [6.45, 7) is 18.2. The first-order chi connectivity index (χ1) is 59.2. The van der Waals surface area contributed by atoms with E-state index in [0.29, 0.717) is 66.2 Å². The molecule has 0 saturated carbocycles. The molecule has 124 heavy (non-hydrogen) atoms. The molecule has 7 aliphatic rings. The number of ketones is 1. The number of amides is 6. The van der Waals surface area contributed by atoms with Gasteiger partial charge in [-0.15, -0.1) is 0 Å². The highest BCUT2D eigenvalue weighted by molar-refractivity contribution is 14.1. The van der Waals surface area contributed by atoms with Crippen LogP contribution in [0.15, 0.2) is 76.6 Å². The number of benzene rings is 2. The van der Waals surface area contributed by atoms with Crippen molar-refractivity contribution < 1.29 is 130 Å². The Hall–Kier alpha value is -7.31. The summed E-state index contributed by atoms with van der Waals surface area (Å²) in [7, 11) is 9.27. The maximum Gasteiger partial charge on any atom is 0.411 e. The van der Waals surface area contributed by atoms with Gasteiger partial charge in [-0.3, -0.25) is 48.6 Å². The van der Waals surface area contributed by atoms with E-state index >= 15 is 0 Å². The fourth-order valence-electron chi connectivity index (χ4n) is 15.0. The summed E-state index contributed by atoms with van der Waals surface area (Å²) in [4.78, 5) is 114. The Bertz CT molecular complexity index is 4350. The lowest BCUT2D eigenvalue weighted by molar-refractivity contribution is -0.337. The number of imide groups is 1. The highest BCUT2D eigenvalue weighted by Crippen LogP contribution is 2.50. The topological polar surface area (TPSA) is 446 Å². The standard InChI is InChI=1S/C85H115IN8O27S3/c1-15-93(51(7)95)55-45-114-64(42-59(55)108-10)119-77-72(103)69(92-121-65-41-56(96)79(50(6)115-65)123-80(105)66-46(2)68(86)75(78(111-13)74(66)109-11)120-81-73(104)76(110-12)71(102)49(5)117-81)48(4)116-82(77)118-58-25-20-16-17-21-34-85(107)43-57(97)70(89-83(106)112-14)67(58)54(85)33-40-122-124-84(8,9)44-61(99)91-90-47(3)52-27-29-53(30-28-52)113-39-24-26-60(98)88-37-36-87-35-22-18-19-23-38-94-62(100)31-32-63(94)101/h16-17,27-33,48-50,55-56,58-59,64-65,69,71-73,76-77,79,81-82,87,92,96,102-104,107H,15,18-19,22-24,26,35-45H2,1-14H3,(H,88,98)(H,89,106)(H,91,99)/b17-16-,54-33+,90-47+/t48-,49+,50-,55+,56+,58+,59+,64+,65+,69-,71+,72-,73-,76-,77-,79-,81+,82+,85+/m1/s1. The van der Waals surface area contributed by atoms with Gasteiger partial charge in [0.05, 0.1) is 109 Å². The van der Waals surface area contributed by atoms with E-state index in [4.69, 9.17) is 66.4 Å². The number of hydrogen-bond donors (Lipinski definition) is 10. The molecule has 9 rings (SSSR count). The Morgan fingerprint density at radius 2 is 1.51 bits per heavy atom. The zero-order chi connectivity index (χ0) is 90.3. The normalized spacial score (nSPS) is 28.8. The molecule has 0 radical (unpaired) electrons. The maximum absolute atomic E-state index is 14.6. The van der Waals surface area contributed by atoms with Crippen LogP contribution in [-0.2, 0) is 76.2 Å². The molecule has 0 spiro atoms. The molecule has 6 amide bonds. The number of allylic oxidation sites excluding steroid dienone is 3. The SMILES string of the molecule is CCN(C(C)=O)[C@H]1CO[C@@H](O[C@H]2[C@H](O[C@H]3C#C/C=C\C#C[C@]4(O)CC(=O)C(NC(=O)OC)=C3/C4=C\CSSC(C)(C)CC(=O)N/N=C(\C)c3ccc(OCCCC(=O)NCCNCCCCCCN4C(=O)C=CC4=O)cc3)O[C@H](C)[C@@H](NO[C@H]3C[C@H](O)[C@H](SC(=O)c4c(C)c(I)c(O[C@@H]5O[C@@H](C)[C@H](O)[C@@H](OC)[C@H]5O)c(OC)c4OC)[C@@H](C)O3)[C@H]2O)C[C@@H]1OC. The number of unbranched alkanes of at least 4 members (excludes halogenated alkanes) is 3. The summed E-state index contributed by atoms with van der Waals surface area (Å²) in [6, 6.07) is 5.42. The smallest absolute Gasteiger partial charge is 0.411 e. The molecule has 5 heterocycles. The molecular formula is C85H115IN8O27S3.